The molecule has 0 bridgehead atoms. The smallest absolute Gasteiger partial charge is 0.396 e. The first-order valence-corrected chi connectivity index (χ1v) is 6.65. The molecule has 0 atom stereocenters. The quantitative estimate of drug-likeness (QED) is 0.644. The van der Waals surface area contributed by atoms with Gasteiger partial charge in [-0.15, -0.1) is 0 Å². The maximum atomic E-state index is 12.8. The summed E-state index contributed by atoms with van der Waals surface area (Å²) in [5, 5.41) is 14.4. The Morgan fingerprint density at radius 3 is 2.20 bits per heavy atom. The molecule has 4 nitrogen and oxygen atoms in total. The van der Waals surface area contributed by atoms with Crippen LogP contribution in [0.2, 0.25) is 0 Å². The third kappa shape index (κ3) is 5.64. The van der Waals surface area contributed by atoms with Crippen LogP contribution in [0.15, 0.2) is 12.1 Å². The highest BCUT2D eigenvalue weighted by Gasteiger charge is 2.31. The number of hydrogen-bond donors (Lipinski definition) is 3. The van der Waals surface area contributed by atoms with Gasteiger partial charge in [0.1, 0.15) is 11.6 Å². The van der Waals surface area contributed by atoms with Gasteiger partial charge in [0.15, 0.2) is 0 Å². The summed E-state index contributed by atoms with van der Waals surface area (Å²) in [6.07, 6.45) is -2.32. The Hall–Kier alpha value is -1.50. The minimum atomic E-state index is -4.40. The van der Waals surface area contributed by atoms with Crippen molar-refractivity contribution in [3.63, 3.8) is 0 Å². The third-order valence-corrected chi connectivity index (χ3v) is 2.60. The van der Waals surface area contributed by atoms with Gasteiger partial charge in [0, 0.05) is 19.7 Å². The number of nitrogens with zero attached hydrogens (tertiary/aromatic N) is 1. The fourth-order valence-corrected chi connectivity index (χ4v) is 1.58. The molecule has 0 unspecified atom stereocenters. The molecule has 1 aromatic heterocycles. The first-order chi connectivity index (χ1) is 9.47. The monoisotopic (exact) mass is 291 g/mol. The molecule has 0 amide bonds. The molecule has 0 aliphatic carbocycles. The summed E-state index contributed by atoms with van der Waals surface area (Å²) in [4.78, 5) is 4.10. The minimum Gasteiger partial charge on any atom is -0.396 e. The number of aliphatic hydroxyl groups is 1. The van der Waals surface area contributed by atoms with Crippen LogP contribution in [0.1, 0.15) is 31.7 Å². The number of pyridine rings is 1. The summed E-state index contributed by atoms with van der Waals surface area (Å²) in [5.41, 5.74) is -0.726. The van der Waals surface area contributed by atoms with Crippen LogP contribution in [0.25, 0.3) is 0 Å². The van der Waals surface area contributed by atoms with Crippen LogP contribution in [-0.4, -0.2) is 29.8 Å². The molecule has 7 heteroatoms. The number of hydrogen-bond acceptors (Lipinski definition) is 4. The second kappa shape index (κ2) is 7.94. The molecule has 114 valence electrons. The van der Waals surface area contributed by atoms with Gasteiger partial charge in [-0.2, -0.15) is 13.2 Å². The minimum absolute atomic E-state index is 0.0704. The zero-order chi connectivity index (χ0) is 15.0. The van der Waals surface area contributed by atoms with E-state index in [1.165, 1.54) is 0 Å². The van der Waals surface area contributed by atoms with E-state index < -0.39 is 11.7 Å². The lowest BCUT2D eigenvalue weighted by molar-refractivity contribution is -0.137. The maximum absolute atomic E-state index is 12.8. The van der Waals surface area contributed by atoms with Crippen LogP contribution in [0, 0.1) is 0 Å². The summed E-state index contributed by atoms with van der Waals surface area (Å²) in [7, 11) is 0. The Kier molecular flexibility index (Phi) is 6.57. The predicted octanol–water partition coefficient (Wildman–Crippen LogP) is 3.11. The second-order valence-electron chi connectivity index (χ2n) is 4.41. The fraction of sp³-hybridized carbons (Fsp3) is 0.615. The number of nitrogens with one attached hydrogen (secondary N) is 2. The van der Waals surface area contributed by atoms with Gasteiger partial charge in [-0.1, -0.05) is 6.92 Å². The number of unbranched alkanes of at least 4 members (excludes halogenated alkanes) is 1. The highest BCUT2D eigenvalue weighted by Crippen LogP contribution is 2.32. The fourth-order valence-electron chi connectivity index (χ4n) is 1.58. The normalized spacial score (nSPS) is 11.4. The molecule has 1 aromatic rings. The van der Waals surface area contributed by atoms with Gasteiger partial charge in [0.05, 0.1) is 5.56 Å². The molecule has 0 spiro atoms. The van der Waals surface area contributed by atoms with E-state index in [1.54, 1.807) is 0 Å². The zero-order valence-corrected chi connectivity index (χ0v) is 11.4. The average Bonchev–Trinajstić information content (AvgIpc) is 2.40. The van der Waals surface area contributed by atoms with Crippen molar-refractivity contribution >= 4 is 11.6 Å². The Balaban J connectivity index is 2.80. The Bertz CT molecular complexity index is 410. The number of aliphatic hydroxyl groups excluding tert-OH is 1. The van der Waals surface area contributed by atoms with Gasteiger partial charge in [-0.05, 0) is 31.4 Å². The van der Waals surface area contributed by atoms with E-state index in [4.69, 9.17) is 5.11 Å². The molecule has 0 fully saturated rings. The molecular formula is C13H20F3N3O. The van der Waals surface area contributed by atoms with Crippen molar-refractivity contribution in [2.75, 3.05) is 30.3 Å². The predicted molar refractivity (Wildman–Crippen MR) is 72.8 cm³/mol. The van der Waals surface area contributed by atoms with Crippen molar-refractivity contribution < 1.29 is 18.3 Å². The molecule has 1 heterocycles. The van der Waals surface area contributed by atoms with Crippen molar-refractivity contribution in [3.8, 4) is 0 Å². The van der Waals surface area contributed by atoms with Crippen molar-refractivity contribution in [1.29, 1.82) is 0 Å². The largest absolute Gasteiger partial charge is 0.416 e. The average molecular weight is 291 g/mol. The molecule has 0 saturated carbocycles. The highest BCUT2D eigenvalue weighted by molar-refractivity contribution is 5.49. The molecule has 1 rings (SSSR count). The summed E-state index contributed by atoms with van der Waals surface area (Å²) in [6.45, 7) is 3.04. The van der Waals surface area contributed by atoms with Gasteiger partial charge in [0.2, 0.25) is 0 Å². The Morgan fingerprint density at radius 1 is 1.10 bits per heavy atom. The molecule has 0 radical (unpaired) electrons. The number of rotatable bonds is 8. The number of anilines is 2. The summed E-state index contributed by atoms with van der Waals surface area (Å²) in [6, 6.07) is 2.00. The van der Waals surface area contributed by atoms with Crippen LogP contribution in [-0.2, 0) is 6.18 Å². The zero-order valence-electron chi connectivity index (χ0n) is 11.4. The highest BCUT2D eigenvalue weighted by atomic mass is 19.4. The Morgan fingerprint density at radius 2 is 1.70 bits per heavy atom. The molecule has 0 saturated heterocycles. The lowest BCUT2D eigenvalue weighted by atomic mass is 10.2. The lowest BCUT2D eigenvalue weighted by Gasteiger charge is -2.13. The molecule has 0 aliphatic rings. The van der Waals surface area contributed by atoms with Gasteiger partial charge in [0.25, 0.3) is 0 Å². The Labute approximate surface area is 116 Å². The summed E-state index contributed by atoms with van der Waals surface area (Å²) >= 11 is 0. The van der Waals surface area contributed by atoms with E-state index >= 15 is 0 Å². The van der Waals surface area contributed by atoms with Crippen molar-refractivity contribution in [3.05, 3.63) is 17.7 Å². The van der Waals surface area contributed by atoms with E-state index in [0.29, 0.717) is 25.9 Å². The number of aromatic nitrogens is 1. The van der Waals surface area contributed by atoms with E-state index in [1.807, 2.05) is 6.92 Å². The van der Waals surface area contributed by atoms with Crippen molar-refractivity contribution in [2.24, 2.45) is 0 Å². The van der Waals surface area contributed by atoms with E-state index in [0.717, 1.165) is 18.6 Å². The van der Waals surface area contributed by atoms with Crippen LogP contribution >= 0.6 is 0 Å². The van der Waals surface area contributed by atoms with Crippen LogP contribution < -0.4 is 10.6 Å². The molecule has 3 N–H and O–H groups in total. The van der Waals surface area contributed by atoms with E-state index in [9.17, 15) is 13.2 Å². The van der Waals surface area contributed by atoms with Crippen LogP contribution in [0.3, 0.4) is 0 Å². The SMILES string of the molecule is CCCNc1cc(C(F)(F)F)cc(NCCCCO)n1. The second-order valence-corrected chi connectivity index (χ2v) is 4.41. The molecular weight excluding hydrogens is 271 g/mol. The maximum Gasteiger partial charge on any atom is 0.416 e. The third-order valence-electron chi connectivity index (χ3n) is 2.60. The molecule has 0 aromatic carbocycles. The van der Waals surface area contributed by atoms with Crippen LogP contribution in [0.4, 0.5) is 24.8 Å². The lowest BCUT2D eigenvalue weighted by Crippen LogP contribution is -2.12. The number of alkyl halides is 3. The van der Waals surface area contributed by atoms with Gasteiger partial charge < -0.3 is 15.7 Å². The summed E-state index contributed by atoms with van der Waals surface area (Å²) in [5.74, 6) is 0.405. The first-order valence-electron chi connectivity index (χ1n) is 6.65. The van der Waals surface area contributed by atoms with E-state index in [-0.39, 0.29) is 18.2 Å². The summed E-state index contributed by atoms with van der Waals surface area (Å²) < 4.78 is 38.4. The van der Waals surface area contributed by atoms with Gasteiger partial charge in [-0.3, -0.25) is 0 Å². The van der Waals surface area contributed by atoms with E-state index in [2.05, 4.69) is 15.6 Å². The van der Waals surface area contributed by atoms with Crippen molar-refractivity contribution in [2.45, 2.75) is 32.4 Å². The molecule has 20 heavy (non-hydrogen) atoms. The topological polar surface area (TPSA) is 57.2 Å². The molecule has 0 aliphatic heterocycles. The standard InChI is InChI=1S/C13H20F3N3O/c1-2-5-17-11-8-10(13(14,15)16)9-12(19-11)18-6-3-4-7-20/h8-9,20H,2-7H2,1H3,(H2,17,18,19). The number of halogens is 3. The van der Waals surface area contributed by atoms with Gasteiger partial charge >= 0.3 is 6.18 Å². The van der Waals surface area contributed by atoms with Gasteiger partial charge in [-0.25, -0.2) is 4.98 Å². The first kappa shape index (κ1) is 16.6. The van der Waals surface area contributed by atoms with Crippen LogP contribution in [0.5, 0.6) is 0 Å². The van der Waals surface area contributed by atoms with Crippen molar-refractivity contribution in [1.82, 2.24) is 4.98 Å².